The minimum Gasteiger partial charge on any atom is -0.349 e. The lowest BCUT2D eigenvalue weighted by Crippen LogP contribution is -2.60. The molecule has 3 heteroatoms. The van der Waals surface area contributed by atoms with Gasteiger partial charge < -0.3 is 10.6 Å². The molecule has 0 aliphatic heterocycles. The first-order valence-electron chi connectivity index (χ1n) is 8.98. The number of amides is 1. The van der Waals surface area contributed by atoms with Crippen molar-refractivity contribution in [2.75, 3.05) is 6.54 Å². The number of carbonyl (C=O) groups is 1. The van der Waals surface area contributed by atoms with Crippen molar-refractivity contribution in [3.63, 3.8) is 0 Å². The average molecular weight is 292 g/mol. The molecule has 3 unspecified atom stereocenters. The number of hydrogen-bond acceptors (Lipinski definition) is 2. The van der Waals surface area contributed by atoms with Crippen molar-refractivity contribution in [1.29, 1.82) is 0 Å². The molecule has 3 rings (SSSR count). The zero-order valence-electron chi connectivity index (χ0n) is 14.0. The molecule has 0 heterocycles. The van der Waals surface area contributed by atoms with Crippen LogP contribution in [0.1, 0.15) is 72.1 Å². The van der Waals surface area contributed by atoms with E-state index in [0.29, 0.717) is 18.5 Å². The third-order valence-electron chi connectivity index (χ3n) is 7.16. The van der Waals surface area contributed by atoms with Crippen LogP contribution in [-0.4, -0.2) is 24.0 Å². The van der Waals surface area contributed by atoms with Crippen LogP contribution in [0.25, 0.3) is 0 Å². The molecule has 0 aromatic carbocycles. The van der Waals surface area contributed by atoms with Gasteiger partial charge in [0, 0.05) is 11.6 Å². The van der Waals surface area contributed by atoms with Crippen molar-refractivity contribution < 1.29 is 4.79 Å². The summed E-state index contributed by atoms with van der Waals surface area (Å²) in [5.74, 6) is 1.67. The average Bonchev–Trinajstić information content (AvgIpc) is 3.01. The van der Waals surface area contributed by atoms with Gasteiger partial charge in [0.25, 0.3) is 0 Å². The van der Waals surface area contributed by atoms with Crippen LogP contribution in [0.5, 0.6) is 0 Å². The van der Waals surface area contributed by atoms with E-state index in [1.165, 1.54) is 51.4 Å². The second-order valence-corrected chi connectivity index (χ2v) is 8.39. The Hall–Kier alpha value is -0.570. The number of hydrogen-bond donors (Lipinski definition) is 2. The van der Waals surface area contributed by atoms with Crippen LogP contribution in [0.15, 0.2) is 0 Å². The second-order valence-electron chi connectivity index (χ2n) is 8.39. The maximum Gasteiger partial charge on any atom is 0.234 e. The predicted molar refractivity (Wildman–Crippen MR) is 86.0 cm³/mol. The molecule has 1 amide bonds. The van der Waals surface area contributed by atoms with E-state index >= 15 is 0 Å². The van der Waals surface area contributed by atoms with Gasteiger partial charge in [-0.15, -0.1) is 0 Å². The van der Waals surface area contributed by atoms with Gasteiger partial charge in [-0.2, -0.15) is 0 Å². The summed E-state index contributed by atoms with van der Waals surface area (Å²) in [4.78, 5) is 12.4. The molecule has 3 saturated carbocycles. The first-order chi connectivity index (χ1) is 9.93. The van der Waals surface area contributed by atoms with Gasteiger partial charge in [0.15, 0.2) is 0 Å². The van der Waals surface area contributed by atoms with Crippen LogP contribution >= 0.6 is 0 Å². The molecule has 3 aliphatic carbocycles. The molecule has 120 valence electrons. The minimum absolute atomic E-state index is 0.0127. The first-order valence-corrected chi connectivity index (χ1v) is 8.98. The van der Waals surface area contributed by atoms with Crippen molar-refractivity contribution in [1.82, 2.24) is 10.6 Å². The highest BCUT2D eigenvalue weighted by Gasteiger charge is 2.60. The fourth-order valence-electron chi connectivity index (χ4n) is 5.25. The Kier molecular flexibility index (Phi) is 4.06. The van der Waals surface area contributed by atoms with Crippen molar-refractivity contribution >= 4 is 5.91 Å². The van der Waals surface area contributed by atoms with E-state index in [1.807, 2.05) is 0 Å². The van der Waals surface area contributed by atoms with Crippen molar-refractivity contribution in [2.45, 2.75) is 83.7 Å². The fourth-order valence-corrected chi connectivity index (χ4v) is 5.25. The Morgan fingerprint density at radius 1 is 1.00 bits per heavy atom. The number of nitrogens with one attached hydrogen (secondary N) is 2. The van der Waals surface area contributed by atoms with E-state index in [4.69, 9.17) is 0 Å². The molecule has 21 heavy (non-hydrogen) atoms. The first kappa shape index (κ1) is 15.3. The molecule has 2 N–H and O–H groups in total. The molecule has 3 aliphatic rings. The minimum atomic E-state index is -0.0127. The summed E-state index contributed by atoms with van der Waals surface area (Å²) in [6.07, 6.45) is 10.4. The van der Waals surface area contributed by atoms with E-state index in [9.17, 15) is 4.79 Å². The Bertz CT molecular complexity index is 400. The second kappa shape index (κ2) is 5.57. The molecular weight excluding hydrogens is 260 g/mol. The van der Waals surface area contributed by atoms with Crippen LogP contribution in [0.4, 0.5) is 0 Å². The molecule has 3 nitrogen and oxygen atoms in total. The van der Waals surface area contributed by atoms with Crippen molar-refractivity contribution in [3.05, 3.63) is 0 Å². The summed E-state index contributed by atoms with van der Waals surface area (Å²) in [5.41, 5.74) is 0.220. The third-order valence-corrected chi connectivity index (χ3v) is 7.16. The Labute approximate surface area is 129 Å². The zero-order chi connectivity index (χ0) is 15.1. The normalized spacial score (nSPS) is 38.6. The summed E-state index contributed by atoms with van der Waals surface area (Å²) in [5, 5.41) is 6.89. The third kappa shape index (κ3) is 2.62. The van der Waals surface area contributed by atoms with Crippen LogP contribution < -0.4 is 10.6 Å². The SMILES string of the molecule is CC1(C)C2CCC(C2)C1(C)NC(=O)CNC1CCCCC1. The predicted octanol–water partition coefficient (Wildman–Crippen LogP) is 3.24. The van der Waals surface area contributed by atoms with Crippen molar-refractivity contribution in [2.24, 2.45) is 17.3 Å². The summed E-state index contributed by atoms with van der Waals surface area (Å²) in [6, 6.07) is 0.561. The lowest BCUT2D eigenvalue weighted by molar-refractivity contribution is -0.124. The summed E-state index contributed by atoms with van der Waals surface area (Å²) < 4.78 is 0. The monoisotopic (exact) mass is 292 g/mol. The zero-order valence-corrected chi connectivity index (χ0v) is 14.0. The van der Waals surface area contributed by atoms with Gasteiger partial charge in [-0.05, 0) is 56.3 Å². The molecule has 0 aromatic rings. The van der Waals surface area contributed by atoms with E-state index < -0.39 is 0 Å². The topological polar surface area (TPSA) is 41.1 Å². The molecule has 3 atom stereocenters. The van der Waals surface area contributed by atoms with Gasteiger partial charge in [-0.3, -0.25) is 4.79 Å². The molecule has 3 fully saturated rings. The van der Waals surface area contributed by atoms with Gasteiger partial charge in [0.1, 0.15) is 0 Å². The molecule has 0 aromatic heterocycles. The Morgan fingerprint density at radius 2 is 1.67 bits per heavy atom. The Morgan fingerprint density at radius 3 is 2.29 bits per heavy atom. The standard InChI is InChI=1S/C18H32N2O/c1-17(2)13-9-10-14(11-13)18(17,3)20-16(21)12-19-15-7-5-4-6-8-15/h13-15,19H,4-12H2,1-3H3,(H,20,21). The van der Waals surface area contributed by atoms with E-state index in [2.05, 4.69) is 31.4 Å². The molecule has 2 bridgehead atoms. The van der Waals surface area contributed by atoms with Gasteiger partial charge >= 0.3 is 0 Å². The van der Waals surface area contributed by atoms with Crippen LogP contribution in [0, 0.1) is 17.3 Å². The highest BCUT2D eigenvalue weighted by molar-refractivity contribution is 5.79. The van der Waals surface area contributed by atoms with E-state index in [0.717, 1.165) is 5.92 Å². The van der Waals surface area contributed by atoms with Crippen LogP contribution in [0.2, 0.25) is 0 Å². The van der Waals surface area contributed by atoms with Gasteiger partial charge in [-0.1, -0.05) is 33.1 Å². The maximum absolute atomic E-state index is 12.4. The maximum atomic E-state index is 12.4. The summed E-state index contributed by atoms with van der Waals surface area (Å²) >= 11 is 0. The lowest BCUT2D eigenvalue weighted by Gasteiger charge is -2.48. The highest BCUT2D eigenvalue weighted by atomic mass is 16.2. The largest absolute Gasteiger partial charge is 0.349 e. The highest BCUT2D eigenvalue weighted by Crippen LogP contribution is 2.61. The van der Waals surface area contributed by atoms with Crippen LogP contribution in [0.3, 0.4) is 0 Å². The van der Waals surface area contributed by atoms with Gasteiger partial charge in [-0.25, -0.2) is 0 Å². The quantitative estimate of drug-likeness (QED) is 0.835. The number of fused-ring (bicyclic) bond motifs is 2. The van der Waals surface area contributed by atoms with Gasteiger partial charge in [0.2, 0.25) is 5.91 Å². The molecule has 0 spiro atoms. The van der Waals surface area contributed by atoms with Crippen LogP contribution in [-0.2, 0) is 4.79 Å². The van der Waals surface area contributed by atoms with Crippen molar-refractivity contribution in [3.8, 4) is 0 Å². The number of rotatable bonds is 4. The molecular formula is C18H32N2O. The molecule has 0 saturated heterocycles. The summed E-state index contributed by atoms with van der Waals surface area (Å²) in [7, 11) is 0. The smallest absolute Gasteiger partial charge is 0.234 e. The van der Waals surface area contributed by atoms with Gasteiger partial charge in [0.05, 0.1) is 6.54 Å². The number of carbonyl (C=O) groups excluding carboxylic acids is 1. The summed E-state index contributed by atoms with van der Waals surface area (Å²) in [6.45, 7) is 7.49. The Balaban J connectivity index is 1.54. The molecule has 0 radical (unpaired) electrons. The fraction of sp³-hybridized carbons (Fsp3) is 0.944. The lowest BCUT2D eigenvalue weighted by atomic mass is 9.64. The van der Waals surface area contributed by atoms with E-state index in [1.54, 1.807) is 0 Å². The van der Waals surface area contributed by atoms with E-state index in [-0.39, 0.29) is 16.9 Å².